The molecule has 3 nitrogen and oxygen atoms in total. The molecule has 2 N–H and O–H groups in total. The van der Waals surface area contributed by atoms with Gasteiger partial charge in [-0.05, 0) is 64.5 Å². The zero-order chi connectivity index (χ0) is 15.4. The van der Waals surface area contributed by atoms with Gasteiger partial charge >= 0.3 is 0 Å². The van der Waals surface area contributed by atoms with Gasteiger partial charge in [0.1, 0.15) is 11.6 Å². The number of anilines is 2. The van der Waals surface area contributed by atoms with Crippen molar-refractivity contribution < 1.29 is 9.13 Å². The Morgan fingerprint density at radius 3 is 2.38 bits per heavy atom. The van der Waals surface area contributed by atoms with Gasteiger partial charge in [0.05, 0.1) is 12.8 Å². The van der Waals surface area contributed by atoms with Crippen molar-refractivity contribution in [1.82, 2.24) is 0 Å². The number of nitrogens with one attached hydrogen (secondary N) is 2. The van der Waals surface area contributed by atoms with Crippen LogP contribution in [0.25, 0.3) is 0 Å². The highest BCUT2D eigenvalue weighted by molar-refractivity contribution is 9.11. The monoisotopic (exact) mass is 432 g/mol. The summed E-state index contributed by atoms with van der Waals surface area (Å²) >= 11 is 11.7. The SMILES string of the molecule is COc1ccc(NC(=S)Nc2c(F)cc(Br)cc2Br)cc1. The minimum Gasteiger partial charge on any atom is -0.497 e. The van der Waals surface area contributed by atoms with E-state index in [1.807, 2.05) is 12.1 Å². The highest BCUT2D eigenvalue weighted by atomic mass is 79.9. The van der Waals surface area contributed by atoms with Gasteiger partial charge in [-0.1, -0.05) is 15.9 Å². The molecule has 0 saturated heterocycles. The third kappa shape index (κ3) is 4.39. The van der Waals surface area contributed by atoms with E-state index in [0.717, 1.165) is 11.4 Å². The van der Waals surface area contributed by atoms with E-state index >= 15 is 0 Å². The summed E-state index contributed by atoms with van der Waals surface area (Å²) in [4.78, 5) is 0. The average molecular weight is 434 g/mol. The summed E-state index contributed by atoms with van der Waals surface area (Å²) in [5.74, 6) is 0.344. The highest BCUT2D eigenvalue weighted by Crippen LogP contribution is 2.29. The summed E-state index contributed by atoms with van der Waals surface area (Å²) in [6.45, 7) is 0. The van der Waals surface area contributed by atoms with Crippen molar-refractivity contribution in [2.45, 2.75) is 0 Å². The molecule has 2 aromatic carbocycles. The lowest BCUT2D eigenvalue weighted by Crippen LogP contribution is -2.20. The maximum atomic E-state index is 13.9. The molecule has 0 bridgehead atoms. The first-order valence-corrected chi connectivity index (χ1v) is 7.85. The van der Waals surface area contributed by atoms with Crippen molar-refractivity contribution in [3.63, 3.8) is 0 Å². The van der Waals surface area contributed by atoms with Crippen LogP contribution >= 0.6 is 44.1 Å². The molecule has 0 aliphatic heterocycles. The first-order valence-electron chi connectivity index (χ1n) is 5.86. The molecule has 0 heterocycles. The molecule has 2 rings (SSSR count). The smallest absolute Gasteiger partial charge is 0.175 e. The maximum absolute atomic E-state index is 13.9. The Bertz CT molecular complexity index is 642. The molecule has 0 atom stereocenters. The number of hydrogen-bond donors (Lipinski definition) is 2. The van der Waals surface area contributed by atoms with Crippen LogP contribution in [0.4, 0.5) is 15.8 Å². The standard InChI is InChI=1S/C14H11Br2FN2OS/c1-20-10-4-2-9(3-5-10)18-14(21)19-13-11(16)6-8(15)7-12(13)17/h2-7H,1H3,(H2,18,19,21). The minimum absolute atomic E-state index is 0.282. The lowest BCUT2D eigenvalue weighted by Gasteiger charge is -2.13. The van der Waals surface area contributed by atoms with E-state index in [4.69, 9.17) is 17.0 Å². The normalized spacial score (nSPS) is 10.1. The third-order valence-electron chi connectivity index (χ3n) is 2.59. The molecule has 7 heteroatoms. The van der Waals surface area contributed by atoms with Crippen molar-refractivity contribution in [3.8, 4) is 5.75 Å². The fraction of sp³-hybridized carbons (Fsp3) is 0.0714. The summed E-state index contributed by atoms with van der Waals surface area (Å²) in [6.07, 6.45) is 0. The molecule has 0 fully saturated rings. The summed E-state index contributed by atoms with van der Waals surface area (Å²) in [6, 6.07) is 10.4. The van der Waals surface area contributed by atoms with Crippen LogP contribution in [-0.2, 0) is 0 Å². The van der Waals surface area contributed by atoms with E-state index < -0.39 is 5.82 Å². The van der Waals surface area contributed by atoms with Crippen LogP contribution in [-0.4, -0.2) is 12.2 Å². The second-order valence-electron chi connectivity index (χ2n) is 4.05. The molecule has 110 valence electrons. The van der Waals surface area contributed by atoms with Crippen molar-refractivity contribution in [2.24, 2.45) is 0 Å². The fourth-order valence-electron chi connectivity index (χ4n) is 1.61. The van der Waals surface area contributed by atoms with Gasteiger partial charge in [0, 0.05) is 14.6 Å². The fourth-order valence-corrected chi connectivity index (χ4v) is 3.10. The second kappa shape index (κ2) is 7.20. The molecular formula is C14H11Br2FN2OS. The van der Waals surface area contributed by atoms with Crippen LogP contribution in [0.2, 0.25) is 0 Å². The summed E-state index contributed by atoms with van der Waals surface area (Å²) < 4.78 is 20.2. The van der Waals surface area contributed by atoms with Crippen molar-refractivity contribution in [1.29, 1.82) is 0 Å². The Labute approximate surface area is 144 Å². The molecule has 21 heavy (non-hydrogen) atoms. The quantitative estimate of drug-likeness (QED) is 0.654. The molecule has 0 aliphatic carbocycles. The molecule has 0 saturated carbocycles. The molecule has 0 aromatic heterocycles. The number of halogens is 3. The van der Waals surface area contributed by atoms with Gasteiger partial charge in [-0.2, -0.15) is 0 Å². The largest absolute Gasteiger partial charge is 0.497 e. The zero-order valence-electron chi connectivity index (χ0n) is 10.9. The van der Waals surface area contributed by atoms with E-state index in [1.165, 1.54) is 6.07 Å². The highest BCUT2D eigenvalue weighted by Gasteiger charge is 2.10. The van der Waals surface area contributed by atoms with E-state index in [0.29, 0.717) is 14.1 Å². The van der Waals surface area contributed by atoms with Crippen LogP contribution in [0.5, 0.6) is 5.75 Å². The Kier molecular flexibility index (Phi) is 5.55. The molecule has 2 aromatic rings. The van der Waals surface area contributed by atoms with Crippen molar-refractivity contribution in [3.05, 3.63) is 51.2 Å². The Balaban J connectivity index is 2.08. The zero-order valence-corrected chi connectivity index (χ0v) is 14.9. The average Bonchev–Trinajstić information content (AvgIpc) is 2.43. The summed E-state index contributed by atoms with van der Waals surface area (Å²) in [5.41, 5.74) is 1.06. The van der Waals surface area contributed by atoms with E-state index in [2.05, 4.69) is 42.5 Å². The van der Waals surface area contributed by atoms with Gasteiger partial charge in [0.2, 0.25) is 0 Å². The number of hydrogen-bond acceptors (Lipinski definition) is 2. The minimum atomic E-state index is -0.407. The van der Waals surface area contributed by atoms with Crippen molar-refractivity contribution >= 4 is 60.6 Å². The third-order valence-corrected chi connectivity index (χ3v) is 3.88. The van der Waals surface area contributed by atoms with Crippen LogP contribution in [0.15, 0.2) is 45.3 Å². The molecule has 0 unspecified atom stereocenters. The van der Waals surface area contributed by atoms with Crippen molar-refractivity contribution in [2.75, 3.05) is 17.7 Å². The van der Waals surface area contributed by atoms with Crippen LogP contribution in [0.1, 0.15) is 0 Å². The van der Waals surface area contributed by atoms with Crippen LogP contribution < -0.4 is 15.4 Å². The molecule has 0 radical (unpaired) electrons. The lowest BCUT2D eigenvalue weighted by molar-refractivity contribution is 0.415. The van der Waals surface area contributed by atoms with Gasteiger partial charge in [0.15, 0.2) is 5.11 Å². The predicted molar refractivity (Wildman–Crippen MR) is 94.6 cm³/mol. The van der Waals surface area contributed by atoms with Gasteiger partial charge in [-0.25, -0.2) is 4.39 Å². The predicted octanol–water partition coefficient (Wildman–Crippen LogP) is 5.17. The molecular weight excluding hydrogens is 423 g/mol. The maximum Gasteiger partial charge on any atom is 0.175 e. The summed E-state index contributed by atoms with van der Waals surface area (Å²) in [7, 11) is 1.60. The molecule has 0 amide bonds. The number of benzene rings is 2. The van der Waals surface area contributed by atoms with Crippen LogP contribution in [0.3, 0.4) is 0 Å². The summed E-state index contributed by atoms with van der Waals surface area (Å²) in [5, 5.41) is 6.10. The van der Waals surface area contributed by atoms with Gasteiger partial charge in [-0.15, -0.1) is 0 Å². The van der Waals surface area contributed by atoms with Gasteiger partial charge in [-0.3, -0.25) is 0 Å². The second-order valence-corrected chi connectivity index (χ2v) is 6.23. The van der Waals surface area contributed by atoms with E-state index in [9.17, 15) is 4.39 Å². The Hall–Kier alpha value is -1.18. The number of ether oxygens (including phenoxy) is 1. The molecule has 0 aliphatic rings. The van der Waals surface area contributed by atoms with E-state index in [1.54, 1.807) is 25.3 Å². The Morgan fingerprint density at radius 1 is 1.14 bits per heavy atom. The lowest BCUT2D eigenvalue weighted by atomic mass is 10.3. The van der Waals surface area contributed by atoms with Gasteiger partial charge in [0.25, 0.3) is 0 Å². The number of thiocarbonyl (C=S) groups is 1. The first-order chi connectivity index (χ1) is 9.99. The molecule has 0 spiro atoms. The van der Waals surface area contributed by atoms with E-state index in [-0.39, 0.29) is 5.69 Å². The number of rotatable bonds is 3. The Morgan fingerprint density at radius 2 is 1.81 bits per heavy atom. The van der Waals surface area contributed by atoms with Gasteiger partial charge < -0.3 is 15.4 Å². The van der Waals surface area contributed by atoms with Crippen LogP contribution in [0, 0.1) is 5.82 Å². The topological polar surface area (TPSA) is 33.3 Å². The number of methoxy groups -OCH3 is 1. The first kappa shape index (κ1) is 16.2.